The van der Waals surface area contributed by atoms with Gasteiger partial charge in [0.2, 0.25) is 0 Å². The summed E-state index contributed by atoms with van der Waals surface area (Å²) in [5, 5.41) is 0. The molecule has 0 bridgehead atoms. The van der Waals surface area contributed by atoms with Gasteiger partial charge in [0.25, 0.3) is 0 Å². The van der Waals surface area contributed by atoms with Gasteiger partial charge in [0.1, 0.15) is 6.61 Å². The average molecular weight is 876 g/mol. The first-order valence-corrected chi connectivity index (χ1v) is 28.2. The summed E-state index contributed by atoms with van der Waals surface area (Å²) >= 11 is 0. The number of esters is 2. The minimum absolute atomic E-state index is 0.0916. The summed E-state index contributed by atoms with van der Waals surface area (Å²) in [7, 11) is 0. The van der Waals surface area contributed by atoms with Crippen LogP contribution in [0, 0.1) is 0 Å². The molecule has 368 valence electrons. The molecule has 0 rings (SSSR count). The smallest absolute Gasteiger partial charge is 0.306 e. The van der Waals surface area contributed by atoms with Crippen molar-refractivity contribution < 1.29 is 23.8 Å². The first-order valence-electron chi connectivity index (χ1n) is 28.2. The molecule has 0 aliphatic carbocycles. The van der Waals surface area contributed by atoms with Crippen LogP contribution in [0.15, 0.2) is 12.2 Å². The number of rotatable bonds is 53. The molecule has 0 aliphatic heterocycles. The normalized spacial score (nSPS) is 12.1. The summed E-state index contributed by atoms with van der Waals surface area (Å²) < 4.78 is 17.4. The summed E-state index contributed by atoms with van der Waals surface area (Å²) in [5.41, 5.74) is 0. The highest BCUT2D eigenvalue weighted by Gasteiger charge is 2.17. The van der Waals surface area contributed by atoms with Crippen molar-refractivity contribution >= 4 is 11.9 Å². The highest BCUT2D eigenvalue weighted by Crippen LogP contribution is 2.17. The van der Waals surface area contributed by atoms with Gasteiger partial charge < -0.3 is 14.2 Å². The van der Waals surface area contributed by atoms with E-state index in [9.17, 15) is 9.59 Å². The third kappa shape index (κ3) is 51.3. The van der Waals surface area contributed by atoms with E-state index in [0.29, 0.717) is 26.1 Å². The third-order valence-corrected chi connectivity index (χ3v) is 12.8. The lowest BCUT2D eigenvalue weighted by Gasteiger charge is -2.18. The largest absolute Gasteiger partial charge is 0.462 e. The molecule has 1 atom stereocenters. The van der Waals surface area contributed by atoms with Crippen LogP contribution in [0.25, 0.3) is 0 Å². The van der Waals surface area contributed by atoms with Crippen molar-refractivity contribution in [1.82, 2.24) is 0 Å². The van der Waals surface area contributed by atoms with E-state index in [2.05, 4.69) is 32.9 Å². The number of carbonyl (C=O) groups is 2. The van der Waals surface area contributed by atoms with Gasteiger partial charge in [-0.05, 0) is 38.5 Å². The second-order valence-electron chi connectivity index (χ2n) is 19.2. The van der Waals surface area contributed by atoms with Crippen molar-refractivity contribution in [1.29, 1.82) is 0 Å². The monoisotopic (exact) mass is 875 g/mol. The molecule has 0 saturated carbocycles. The Morgan fingerprint density at radius 3 is 1.03 bits per heavy atom. The standard InChI is InChI=1S/C57H110O5/c1-4-7-10-13-16-19-22-24-26-27-28-29-30-32-34-37-40-43-46-49-52-60-53-55(62-57(59)51-48-45-42-39-35-21-18-15-12-9-6-3)54-61-56(58)50-47-44-41-38-36-33-31-25-23-20-17-14-11-8-5-2/h15,18,55H,4-14,16-17,19-54H2,1-3H3/b18-15-. The van der Waals surface area contributed by atoms with E-state index in [0.717, 1.165) is 44.9 Å². The minimum atomic E-state index is -0.530. The van der Waals surface area contributed by atoms with Crippen molar-refractivity contribution in [3.63, 3.8) is 0 Å². The third-order valence-electron chi connectivity index (χ3n) is 12.8. The zero-order valence-corrected chi connectivity index (χ0v) is 42.4. The molecule has 0 amide bonds. The second kappa shape index (κ2) is 54.0. The average Bonchev–Trinajstić information content (AvgIpc) is 3.27. The maximum atomic E-state index is 12.8. The van der Waals surface area contributed by atoms with Crippen LogP contribution in [-0.4, -0.2) is 37.9 Å². The van der Waals surface area contributed by atoms with E-state index in [1.165, 1.54) is 238 Å². The molecule has 0 spiro atoms. The summed E-state index contributed by atoms with van der Waals surface area (Å²) in [6, 6.07) is 0. The lowest BCUT2D eigenvalue weighted by molar-refractivity contribution is -0.163. The molecule has 1 unspecified atom stereocenters. The van der Waals surface area contributed by atoms with Gasteiger partial charge in [-0.25, -0.2) is 0 Å². The molecule has 5 nitrogen and oxygen atoms in total. The molecule has 0 aliphatic rings. The van der Waals surface area contributed by atoms with E-state index < -0.39 is 6.10 Å². The minimum Gasteiger partial charge on any atom is -0.462 e. The quantitative estimate of drug-likeness (QED) is 0.0346. The fourth-order valence-electron chi connectivity index (χ4n) is 8.55. The van der Waals surface area contributed by atoms with Gasteiger partial charge in [0.05, 0.1) is 6.61 Å². The van der Waals surface area contributed by atoms with Crippen LogP contribution in [0.4, 0.5) is 0 Å². The zero-order valence-electron chi connectivity index (χ0n) is 42.4. The van der Waals surface area contributed by atoms with Gasteiger partial charge in [-0.1, -0.05) is 277 Å². The lowest BCUT2D eigenvalue weighted by Crippen LogP contribution is -2.30. The molecule has 0 radical (unpaired) electrons. The Kier molecular flexibility index (Phi) is 52.8. The first-order chi connectivity index (χ1) is 30.6. The van der Waals surface area contributed by atoms with Crippen molar-refractivity contribution in [2.75, 3.05) is 19.8 Å². The van der Waals surface area contributed by atoms with Crippen molar-refractivity contribution in [3.8, 4) is 0 Å². The fraction of sp³-hybridized carbons (Fsp3) is 0.930. The number of carbonyl (C=O) groups excluding carboxylic acids is 2. The SMILES string of the molecule is CCCC/C=C\CCCCCCCC(=O)OC(COCCCCCCCCCCCCCCCCCCCCCC)COC(=O)CCCCCCCCCCCCCCCCC. The Labute approximate surface area is 388 Å². The molecular formula is C57H110O5. The van der Waals surface area contributed by atoms with Gasteiger partial charge in [-0.2, -0.15) is 0 Å². The maximum Gasteiger partial charge on any atom is 0.306 e. The first kappa shape index (κ1) is 60.6. The van der Waals surface area contributed by atoms with Crippen molar-refractivity contribution in [2.45, 2.75) is 322 Å². The summed E-state index contributed by atoms with van der Waals surface area (Å²) in [6.07, 6.45) is 62.3. The molecule has 0 heterocycles. The summed E-state index contributed by atoms with van der Waals surface area (Å²) in [6.45, 7) is 7.86. The molecular weight excluding hydrogens is 765 g/mol. The molecule has 0 aromatic rings. The Morgan fingerprint density at radius 2 is 0.645 bits per heavy atom. The van der Waals surface area contributed by atoms with E-state index in [1.54, 1.807) is 0 Å². The van der Waals surface area contributed by atoms with Gasteiger partial charge in [0, 0.05) is 19.4 Å². The zero-order chi connectivity index (χ0) is 44.9. The van der Waals surface area contributed by atoms with Crippen LogP contribution in [0.5, 0.6) is 0 Å². The summed E-state index contributed by atoms with van der Waals surface area (Å²) in [4.78, 5) is 25.4. The van der Waals surface area contributed by atoms with E-state index in [-0.39, 0.29) is 18.5 Å². The highest BCUT2D eigenvalue weighted by atomic mass is 16.6. The van der Waals surface area contributed by atoms with Gasteiger partial charge in [-0.3, -0.25) is 9.59 Å². The van der Waals surface area contributed by atoms with Gasteiger partial charge >= 0.3 is 11.9 Å². The Morgan fingerprint density at radius 1 is 0.339 bits per heavy atom. The number of hydrogen-bond donors (Lipinski definition) is 0. The molecule has 0 saturated heterocycles. The Bertz CT molecular complexity index is 902. The molecule has 5 heteroatoms. The number of hydrogen-bond acceptors (Lipinski definition) is 5. The molecule has 0 aromatic heterocycles. The van der Waals surface area contributed by atoms with Crippen LogP contribution < -0.4 is 0 Å². The van der Waals surface area contributed by atoms with Crippen LogP contribution in [-0.2, 0) is 23.8 Å². The van der Waals surface area contributed by atoms with Crippen LogP contribution in [0.3, 0.4) is 0 Å². The number of allylic oxidation sites excluding steroid dienone is 2. The predicted octanol–water partition coefficient (Wildman–Crippen LogP) is 19.0. The number of ether oxygens (including phenoxy) is 3. The van der Waals surface area contributed by atoms with Crippen LogP contribution in [0.2, 0.25) is 0 Å². The molecule has 62 heavy (non-hydrogen) atoms. The second-order valence-corrected chi connectivity index (χ2v) is 19.2. The van der Waals surface area contributed by atoms with Gasteiger partial charge in [-0.15, -0.1) is 0 Å². The van der Waals surface area contributed by atoms with Crippen molar-refractivity contribution in [2.24, 2.45) is 0 Å². The van der Waals surface area contributed by atoms with Crippen molar-refractivity contribution in [3.05, 3.63) is 12.2 Å². The predicted molar refractivity (Wildman–Crippen MR) is 270 cm³/mol. The topological polar surface area (TPSA) is 61.8 Å². The van der Waals surface area contributed by atoms with E-state index in [1.807, 2.05) is 0 Å². The van der Waals surface area contributed by atoms with Gasteiger partial charge in [0.15, 0.2) is 6.10 Å². The van der Waals surface area contributed by atoms with E-state index in [4.69, 9.17) is 14.2 Å². The fourth-order valence-corrected chi connectivity index (χ4v) is 8.55. The Hall–Kier alpha value is -1.36. The van der Waals surface area contributed by atoms with E-state index >= 15 is 0 Å². The van der Waals surface area contributed by atoms with Crippen LogP contribution >= 0.6 is 0 Å². The van der Waals surface area contributed by atoms with Crippen LogP contribution in [0.1, 0.15) is 316 Å². The summed E-state index contributed by atoms with van der Waals surface area (Å²) in [5.74, 6) is -0.384. The number of unbranched alkanes of at least 4 members (excludes halogenated alkanes) is 40. The maximum absolute atomic E-state index is 12.8. The highest BCUT2D eigenvalue weighted by molar-refractivity contribution is 5.70. The molecule has 0 N–H and O–H groups in total. The lowest BCUT2D eigenvalue weighted by atomic mass is 10.0. The molecule has 0 aromatic carbocycles. The Balaban J connectivity index is 4.13. The molecule has 0 fully saturated rings.